The van der Waals surface area contributed by atoms with Crippen LogP contribution in [0.25, 0.3) is 0 Å². The Labute approximate surface area is 232 Å². The van der Waals surface area contributed by atoms with Crippen LogP contribution in [0.3, 0.4) is 0 Å². The monoisotopic (exact) mass is 561 g/mol. The molecule has 1 saturated carbocycles. The Kier molecular flexibility index (Phi) is 11.0. The molecule has 3 rings (SSSR count). The van der Waals surface area contributed by atoms with E-state index in [-0.39, 0.29) is 37.4 Å². The summed E-state index contributed by atoms with van der Waals surface area (Å²) in [7, 11) is -3.53. The number of carbonyl (C=O) groups excluding carboxylic acids is 2. The van der Waals surface area contributed by atoms with Crippen molar-refractivity contribution in [2.24, 2.45) is 0 Å². The van der Waals surface area contributed by atoms with E-state index in [0.29, 0.717) is 23.6 Å². The first-order chi connectivity index (χ1) is 18.1. The van der Waals surface area contributed by atoms with Crippen molar-refractivity contribution >= 4 is 39.1 Å². The Bertz CT molecular complexity index is 1200. The predicted molar refractivity (Wildman–Crippen MR) is 154 cm³/mol. The van der Waals surface area contributed by atoms with Crippen LogP contribution in [0.4, 0.5) is 5.69 Å². The Hall–Kier alpha value is -2.58. The van der Waals surface area contributed by atoms with Gasteiger partial charge in [0, 0.05) is 30.6 Å². The summed E-state index contributed by atoms with van der Waals surface area (Å²) in [5.74, 6) is -0.342. The van der Waals surface area contributed by atoms with E-state index in [1.165, 1.54) is 17.0 Å². The molecule has 2 amide bonds. The van der Waals surface area contributed by atoms with Crippen molar-refractivity contribution in [3.05, 3.63) is 64.7 Å². The number of carbonyl (C=O) groups is 2. The zero-order valence-electron chi connectivity index (χ0n) is 22.7. The van der Waals surface area contributed by atoms with Crippen LogP contribution < -0.4 is 9.62 Å². The molecule has 0 unspecified atom stereocenters. The summed E-state index contributed by atoms with van der Waals surface area (Å²) in [5.41, 5.74) is 2.29. The minimum absolute atomic E-state index is 0.107. The van der Waals surface area contributed by atoms with E-state index in [1.54, 1.807) is 17.0 Å². The molecule has 0 bridgehead atoms. The summed E-state index contributed by atoms with van der Waals surface area (Å²) in [6.07, 6.45) is 7.37. The van der Waals surface area contributed by atoms with Gasteiger partial charge in [0.1, 0.15) is 6.04 Å². The number of halogens is 1. The summed E-state index contributed by atoms with van der Waals surface area (Å²) in [6.45, 7) is 4.19. The molecule has 1 atom stereocenters. The molecular formula is C29H40ClN3O4S. The van der Waals surface area contributed by atoms with E-state index in [0.717, 1.165) is 36.8 Å². The molecule has 1 N–H and O–H groups in total. The number of aryl methyl sites for hydroxylation is 1. The molecule has 0 spiro atoms. The molecule has 0 aliphatic heterocycles. The van der Waals surface area contributed by atoms with E-state index in [1.807, 2.05) is 50.2 Å². The van der Waals surface area contributed by atoms with Crippen molar-refractivity contribution in [2.75, 3.05) is 17.1 Å². The Morgan fingerprint density at radius 2 is 1.79 bits per heavy atom. The van der Waals surface area contributed by atoms with Crippen LogP contribution in [0.1, 0.15) is 69.4 Å². The fraction of sp³-hybridized carbons (Fsp3) is 0.517. The average Bonchev–Trinajstić information content (AvgIpc) is 2.87. The summed E-state index contributed by atoms with van der Waals surface area (Å²) >= 11 is 6.42. The number of benzene rings is 2. The highest BCUT2D eigenvalue weighted by molar-refractivity contribution is 7.92. The molecule has 0 radical (unpaired) electrons. The molecule has 7 nitrogen and oxygen atoms in total. The Balaban J connectivity index is 1.76. The Morgan fingerprint density at radius 3 is 2.42 bits per heavy atom. The zero-order valence-corrected chi connectivity index (χ0v) is 24.2. The lowest BCUT2D eigenvalue weighted by Gasteiger charge is -2.33. The molecule has 208 valence electrons. The number of anilines is 1. The van der Waals surface area contributed by atoms with E-state index in [9.17, 15) is 18.0 Å². The van der Waals surface area contributed by atoms with Crippen molar-refractivity contribution in [3.8, 4) is 0 Å². The SMILES string of the molecule is CC[C@@H](C(=O)NC1CCCCC1)N(Cc1ccccc1Cl)C(=O)CCCN(c1cccc(C)c1)S(C)(=O)=O. The van der Waals surface area contributed by atoms with Gasteiger partial charge in [-0.2, -0.15) is 0 Å². The third-order valence-corrected chi connectivity index (χ3v) is 8.64. The fourth-order valence-electron chi connectivity index (χ4n) is 5.06. The normalized spacial score (nSPS) is 15.1. The lowest BCUT2D eigenvalue weighted by molar-refractivity contribution is -0.141. The standard InChI is InChI=1S/C29H40ClN3O4S/c1-4-27(29(35)31-24-14-6-5-7-15-24)32(21-23-13-8-9-17-26(23)30)28(34)18-11-19-33(38(3,36)37)25-16-10-12-22(2)20-25/h8-10,12-13,16-17,20,24,27H,4-7,11,14-15,18-19,21H2,1-3H3,(H,31,35)/t27-/m0/s1. The second-order valence-corrected chi connectivity index (χ2v) is 12.5. The van der Waals surface area contributed by atoms with Gasteiger partial charge in [-0.05, 0) is 61.9 Å². The summed E-state index contributed by atoms with van der Waals surface area (Å²) in [4.78, 5) is 28.6. The van der Waals surface area contributed by atoms with Gasteiger partial charge in [-0.3, -0.25) is 13.9 Å². The van der Waals surface area contributed by atoms with Gasteiger partial charge in [-0.1, -0.05) is 68.1 Å². The second-order valence-electron chi connectivity index (χ2n) is 10.2. The fourth-order valence-corrected chi connectivity index (χ4v) is 6.21. The minimum atomic E-state index is -3.53. The zero-order chi connectivity index (χ0) is 27.7. The lowest BCUT2D eigenvalue weighted by Crippen LogP contribution is -2.51. The van der Waals surface area contributed by atoms with Crippen LogP contribution >= 0.6 is 11.6 Å². The molecule has 0 heterocycles. The van der Waals surface area contributed by atoms with Gasteiger partial charge >= 0.3 is 0 Å². The van der Waals surface area contributed by atoms with Crippen LogP contribution in [0.5, 0.6) is 0 Å². The van der Waals surface area contributed by atoms with E-state index in [2.05, 4.69) is 5.32 Å². The average molecular weight is 562 g/mol. The van der Waals surface area contributed by atoms with E-state index >= 15 is 0 Å². The van der Waals surface area contributed by atoms with Crippen LogP contribution in [-0.2, 0) is 26.2 Å². The molecule has 1 aliphatic carbocycles. The topological polar surface area (TPSA) is 86.8 Å². The highest BCUT2D eigenvalue weighted by atomic mass is 35.5. The number of nitrogens with zero attached hydrogens (tertiary/aromatic N) is 2. The first-order valence-electron chi connectivity index (χ1n) is 13.5. The van der Waals surface area contributed by atoms with Crippen molar-refractivity contribution in [3.63, 3.8) is 0 Å². The molecule has 2 aromatic rings. The van der Waals surface area contributed by atoms with E-state index < -0.39 is 16.1 Å². The molecular weight excluding hydrogens is 522 g/mol. The minimum Gasteiger partial charge on any atom is -0.352 e. The summed E-state index contributed by atoms with van der Waals surface area (Å²) in [6, 6.07) is 14.1. The van der Waals surface area contributed by atoms with Gasteiger partial charge in [-0.25, -0.2) is 8.42 Å². The van der Waals surface area contributed by atoms with Gasteiger partial charge in [0.15, 0.2) is 0 Å². The first-order valence-corrected chi connectivity index (χ1v) is 15.7. The van der Waals surface area contributed by atoms with Gasteiger partial charge in [-0.15, -0.1) is 0 Å². The third-order valence-electron chi connectivity index (χ3n) is 7.08. The highest BCUT2D eigenvalue weighted by Gasteiger charge is 2.30. The molecule has 1 fully saturated rings. The molecule has 2 aromatic carbocycles. The van der Waals surface area contributed by atoms with Crippen molar-refractivity contribution in [1.82, 2.24) is 10.2 Å². The van der Waals surface area contributed by atoms with Crippen molar-refractivity contribution < 1.29 is 18.0 Å². The molecule has 0 saturated heterocycles. The predicted octanol–water partition coefficient (Wildman–Crippen LogP) is 5.45. The molecule has 9 heteroatoms. The number of hydrogen-bond acceptors (Lipinski definition) is 4. The number of sulfonamides is 1. The van der Waals surface area contributed by atoms with Gasteiger partial charge in [0.05, 0.1) is 11.9 Å². The maximum atomic E-state index is 13.6. The summed E-state index contributed by atoms with van der Waals surface area (Å²) in [5, 5.41) is 3.71. The van der Waals surface area contributed by atoms with Crippen LogP contribution in [0, 0.1) is 6.92 Å². The molecule has 1 aliphatic rings. The first kappa shape index (κ1) is 30.0. The van der Waals surface area contributed by atoms with Crippen LogP contribution in [-0.4, -0.2) is 50.0 Å². The van der Waals surface area contributed by atoms with Gasteiger partial charge < -0.3 is 10.2 Å². The summed E-state index contributed by atoms with van der Waals surface area (Å²) < 4.78 is 26.4. The highest BCUT2D eigenvalue weighted by Crippen LogP contribution is 2.23. The lowest BCUT2D eigenvalue weighted by atomic mass is 9.95. The number of nitrogens with one attached hydrogen (secondary N) is 1. The maximum absolute atomic E-state index is 13.6. The quantitative estimate of drug-likeness (QED) is 0.373. The van der Waals surface area contributed by atoms with Gasteiger partial charge in [0.25, 0.3) is 0 Å². The Morgan fingerprint density at radius 1 is 1.08 bits per heavy atom. The second kappa shape index (κ2) is 14.0. The molecule has 38 heavy (non-hydrogen) atoms. The van der Waals surface area contributed by atoms with Gasteiger partial charge in [0.2, 0.25) is 21.8 Å². The van der Waals surface area contributed by atoms with Crippen LogP contribution in [0.15, 0.2) is 48.5 Å². The molecule has 0 aromatic heterocycles. The van der Waals surface area contributed by atoms with E-state index in [4.69, 9.17) is 11.6 Å². The van der Waals surface area contributed by atoms with Crippen molar-refractivity contribution in [1.29, 1.82) is 0 Å². The largest absolute Gasteiger partial charge is 0.352 e. The number of amides is 2. The van der Waals surface area contributed by atoms with Crippen molar-refractivity contribution in [2.45, 2.75) is 83.8 Å². The smallest absolute Gasteiger partial charge is 0.243 e. The number of rotatable bonds is 12. The number of hydrogen-bond donors (Lipinski definition) is 1. The van der Waals surface area contributed by atoms with Crippen LogP contribution in [0.2, 0.25) is 5.02 Å². The third kappa shape index (κ3) is 8.46. The maximum Gasteiger partial charge on any atom is 0.243 e.